The molecule has 0 amide bonds. The van der Waals surface area contributed by atoms with Crippen molar-refractivity contribution in [3.63, 3.8) is 0 Å². The molecular formula is C26H27N3O2. The van der Waals surface area contributed by atoms with E-state index in [4.69, 9.17) is 4.74 Å². The van der Waals surface area contributed by atoms with E-state index in [1.165, 1.54) is 7.11 Å². The third kappa shape index (κ3) is 4.09. The summed E-state index contributed by atoms with van der Waals surface area (Å²) >= 11 is 0. The van der Waals surface area contributed by atoms with Crippen LogP contribution in [0.2, 0.25) is 0 Å². The Morgan fingerprint density at radius 2 is 1.77 bits per heavy atom. The zero-order chi connectivity index (χ0) is 22.0. The maximum Gasteiger partial charge on any atom is 0.338 e. The van der Waals surface area contributed by atoms with E-state index in [0.717, 1.165) is 39.7 Å². The second-order valence-electron chi connectivity index (χ2n) is 8.03. The number of pyridine rings is 1. The van der Waals surface area contributed by atoms with E-state index in [9.17, 15) is 4.79 Å². The van der Waals surface area contributed by atoms with Crippen LogP contribution in [-0.2, 0) is 11.3 Å². The van der Waals surface area contributed by atoms with Crippen molar-refractivity contribution >= 4 is 16.9 Å². The molecule has 0 aliphatic rings. The fraction of sp³-hybridized carbons (Fsp3) is 0.231. The third-order valence-electron chi connectivity index (χ3n) is 5.81. The van der Waals surface area contributed by atoms with Crippen LogP contribution in [0.5, 0.6) is 0 Å². The molecule has 158 valence electrons. The summed E-state index contributed by atoms with van der Waals surface area (Å²) in [5.41, 5.74) is 5.67. The van der Waals surface area contributed by atoms with Crippen molar-refractivity contribution in [3.8, 4) is 22.3 Å². The van der Waals surface area contributed by atoms with Crippen LogP contribution in [0.15, 0.2) is 73.2 Å². The van der Waals surface area contributed by atoms with Crippen molar-refractivity contribution in [2.75, 3.05) is 21.2 Å². The van der Waals surface area contributed by atoms with Crippen molar-refractivity contribution in [3.05, 3.63) is 78.8 Å². The number of aromatic nitrogens is 2. The first-order valence-corrected chi connectivity index (χ1v) is 10.4. The number of esters is 1. The second-order valence-corrected chi connectivity index (χ2v) is 8.03. The zero-order valence-electron chi connectivity index (χ0n) is 18.4. The molecule has 0 fully saturated rings. The number of hydrogen-bond donors (Lipinski definition) is 0. The van der Waals surface area contributed by atoms with Crippen LogP contribution in [0.1, 0.15) is 17.3 Å². The number of rotatable bonds is 6. The number of carbonyl (C=O) groups is 1. The number of methoxy groups -OCH3 is 1. The van der Waals surface area contributed by atoms with Crippen LogP contribution in [0.4, 0.5) is 0 Å². The molecule has 0 radical (unpaired) electrons. The first kappa shape index (κ1) is 20.8. The molecule has 2 aromatic heterocycles. The van der Waals surface area contributed by atoms with Crippen LogP contribution < -0.4 is 0 Å². The highest BCUT2D eigenvalue weighted by atomic mass is 16.5. The van der Waals surface area contributed by atoms with Crippen LogP contribution >= 0.6 is 0 Å². The number of benzene rings is 2. The van der Waals surface area contributed by atoms with Gasteiger partial charge in [-0.05, 0) is 44.8 Å². The molecule has 5 heteroatoms. The lowest BCUT2D eigenvalue weighted by Gasteiger charge is -2.20. The Kier molecular flexibility index (Phi) is 5.87. The lowest BCUT2D eigenvalue weighted by molar-refractivity contribution is 0.0603. The highest BCUT2D eigenvalue weighted by Crippen LogP contribution is 2.35. The molecule has 31 heavy (non-hydrogen) atoms. The van der Waals surface area contributed by atoms with E-state index in [1.807, 2.05) is 42.7 Å². The molecule has 1 unspecified atom stereocenters. The monoisotopic (exact) mass is 413 g/mol. The van der Waals surface area contributed by atoms with Gasteiger partial charge in [-0.15, -0.1) is 0 Å². The average Bonchev–Trinajstić information content (AvgIpc) is 3.17. The maximum absolute atomic E-state index is 12.6. The van der Waals surface area contributed by atoms with Crippen molar-refractivity contribution < 1.29 is 9.53 Å². The van der Waals surface area contributed by atoms with E-state index in [1.54, 1.807) is 0 Å². The molecule has 2 aromatic carbocycles. The van der Waals surface area contributed by atoms with Crippen LogP contribution in [0.3, 0.4) is 0 Å². The fourth-order valence-corrected chi connectivity index (χ4v) is 3.83. The average molecular weight is 414 g/mol. The van der Waals surface area contributed by atoms with Gasteiger partial charge in [0.1, 0.15) is 0 Å². The molecule has 0 aliphatic carbocycles. The smallest absolute Gasteiger partial charge is 0.338 e. The van der Waals surface area contributed by atoms with Gasteiger partial charge >= 0.3 is 5.97 Å². The molecule has 0 saturated heterocycles. The van der Waals surface area contributed by atoms with Gasteiger partial charge in [-0.3, -0.25) is 4.98 Å². The van der Waals surface area contributed by atoms with Gasteiger partial charge in [0.15, 0.2) is 0 Å². The second kappa shape index (κ2) is 8.74. The van der Waals surface area contributed by atoms with E-state index in [0.29, 0.717) is 11.6 Å². The minimum absolute atomic E-state index is 0.332. The summed E-state index contributed by atoms with van der Waals surface area (Å²) in [5.74, 6) is -0.336. The third-order valence-corrected chi connectivity index (χ3v) is 5.81. The molecule has 5 nitrogen and oxygen atoms in total. The number of carbonyl (C=O) groups excluding carboxylic acids is 1. The lowest BCUT2D eigenvalue weighted by Crippen LogP contribution is -2.28. The molecule has 0 bridgehead atoms. The van der Waals surface area contributed by atoms with Crippen molar-refractivity contribution in [1.29, 1.82) is 0 Å². The zero-order valence-corrected chi connectivity index (χ0v) is 18.4. The predicted molar refractivity (Wildman–Crippen MR) is 125 cm³/mol. The quantitative estimate of drug-likeness (QED) is 0.412. The Hall–Kier alpha value is -3.44. The summed E-state index contributed by atoms with van der Waals surface area (Å²) < 4.78 is 7.30. The number of fused-ring (bicyclic) bond motifs is 1. The Morgan fingerprint density at radius 1 is 1.03 bits per heavy atom. The Labute approximate surface area is 182 Å². The number of hydrogen-bond acceptors (Lipinski definition) is 4. The summed E-state index contributed by atoms with van der Waals surface area (Å²) in [4.78, 5) is 19.3. The van der Waals surface area contributed by atoms with Gasteiger partial charge in [-0.25, -0.2) is 4.79 Å². The van der Waals surface area contributed by atoms with Crippen LogP contribution in [-0.4, -0.2) is 47.7 Å². The Morgan fingerprint density at radius 3 is 2.48 bits per heavy atom. The Balaban J connectivity index is 1.92. The van der Waals surface area contributed by atoms with Crippen LogP contribution in [0.25, 0.3) is 33.2 Å². The largest absolute Gasteiger partial charge is 0.465 e. The SMILES string of the molecule is COC(=O)c1cccc2c1c(-c1cncc(-c3ccccc3)c1)cn2CC(C)N(C)C. The van der Waals surface area contributed by atoms with Gasteiger partial charge in [-0.2, -0.15) is 0 Å². The summed E-state index contributed by atoms with van der Waals surface area (Å²) in [6.07, 6.45) is 5.85. The number of ether oxygens (including phenoxy) is 1. The highest BCUT2D eigenvalue weighted by Gasteiger charge is 2.20. The van der Waals surface area contributed by atoms with E-state index in [2.05, 4.69) is 65.9 Å². The van der Waals surface area contributed by atoms with E-state index < -0.39 is 0 Å². The fourth-order valence-electron chi connectivity index (χ4n) is 3.83. The first-order chi connectivity index (χ1) is 15.0. The van der Waals surface area contributed by atoms with Gasteiger partial charge in [0.25, 0.3) is 0 Å². The van der Waals surface area contributed by atoms with Crippen LogP contribution in [0, 0.1) is 0 Å². The van der Waals surface area contributed by atoms with Gasteiger partial charge in [0.05, 0.1) is 12.7 Å². The summed E-state index contributed by atoms with van der Waals surface area (Å²) in [6.45, 7) is 2.99. The molecule has 0 saturated carbocycles. The maximum atomic E-state index is 12.6. The Bertz CT molecular complexity index is 1210. The number of nitrogens with zero attached hydrogens (tertiary/aromatic N) is 3. The van der Waals surface area contributed by atoms with E-state index in [-0.39, 0.29) is 5.97 Å². The van der Waals surface area contributed by atoms with Crippen molar-refractivity contribution in [2.45, 2.75) is 19.5 Å². The lowest BCUT2D eigenvalue weighted by atomic mass is 9.99. The number of likely N-dealkylation sites (N-methyl/N-ethyl adjacent to an activating group) is 1. The molecule has 2 heterocycles. The summed E-state index contributed by atoms with van der Waals surface area (Å²) in [6, 6.07) is 18.4. The minimum Gasteiger partial charge on any atom is -0.465 e. The molecule has 0 spiro atoms. The normalized spacial score (nSPS) is 12.3. The first-order valence-electron chi connectivity index (χ1n) is 10.4. The van der Waals surface area contributed by atoms with Crippen molar-refractivity contribution in [2.24, 2.45) is 0 Å². The highest BCUT2D eigenvalue weighted by molar-refractivity contribution is 6.10. The molecule has 1 atom stereocenters. The summed E-state index contributed by atoms with van der Waals surface area (Å²) in [5, 5.41) is 0.896. The molecular weight excluding hydrogens is 386 g/mol. The van der Waals surface area contributed by atoms with Gasteiger partial charge in [-0.1, -0.05) is 36.4 Å². The van der Waals surface area contributed by atoms with Gasteiger partial charge in [0.2, 0.25) is 0 Å². The summed E-state index contributed by atoms with van der Waals surface area (Å²) in [7, 11) is 5.57. The molecule has 0 aliphatic heterocycles. The van der Waals surface area contributed by atoms with Crippen molar-refractivity contribution in [1.82, 2.24) is 14.5 Å². The van der Waals surface area contributed by atoms with Gasteiger partial charge < -0.3 is 14.2 Å². The standard InChI is InChI=1S/C26H27N3O2/c1-18(28(2)3)16-29-17-23(25-22(26(30)31-4)11-8-12-24(25)29)21-13-20(14-27-15-21)19-9-6-5-7-10-19/h5-15,17-18H,16H2,1-4H3. The van der Waals surface area contributed by atoms with E-state index >= 15 is 0 Å². The molecule has 4 rings (SSSR count). The molecule has 4 aromatic rings. The minimum atomic E-state index is -0.336. The predicted octanol–water partition coefficient (Wildman–Crippen LogP) is 5.11. The topological polar surface area (TPSA) is 47.4 Å². The molecule has 0 N–H and O–H groups in total. The van der Waals surface area contributed by atoms with Gasteiger partial charge in [0, 0.05) is 58.8 Å².